The van der Waals surface area contributed by atoms with Crippen LogP contribution in [0.15, 0.2) is 35.3 Å². The van der Waals surface area contributed by atoms with E-state index in [2.05, 4.69) is 34.6 Å². The Morgan fingerprint density at radius 1 is 1.56 bits per heavy atom. The molecule has 0 saturated heterocycles. The molecule has 1 unspecified atom stereocenters. The van der Waals surface area contributed by atoms with E-state index in [1.165, 1.54) is 5.56 Å². The zero-order chi connectivity index (χ0) is 12.0. The average Bonchev–Trinajstić information content (AvgIpc) is 2.20. The predicted octanol–water partition coefficient (Wildman–Crippen LogP) is 3.29. The molecule has 3 heteroatoms. The van der Waals surface area contributed by atoms with Crippen LogP contribution in [-0.2, 0) is 6.42 Å². The second-order valence-corrected chi connectivity index (χ2v) is 4.73. The molecule has 88 valence electrons. The number of hydrogen-bond donors (Lipinski definition) is 1. The second-order valence-electron chi connectivity index (χ2n) is 3.87. The number of hydrogen-bond acceptors (Lipinski definition) is 2. The molecule has 0 aliphatic heterocycles. The zero-order valence-corrected chi connectivity index (χ0v) is 11.2. The predicted molar refractivity (Wildman–Crippen MR) is 71.8 cm³/mol. The van der Waals surface area contributed by atoms with Gasteiger partial charge in [0.2, 0.25) is 0 Å². The van der Waals surface area contributed by atoms with E-state index in [9.17, 15) is 0 Å². The molecule has 2 N–H and O–H groups in total. The van der Waals surface area contributed by atoms with Crippen LogP contribution in [0.3, 0.4) is 0 Å². The largest absolute Gasteiger partial charge is 0.492 e. The lowest BCUT2D eigenvalue weighted by Gasteiger charge is -2.10. The molecule has 0 spiro atoms. The highest BCUT2D eigenvalue weighted by molar-refractivity contribution is 9.10. The zero-order valence-electron chi connectivity index (χ0n) is 9.58. The van der Waals surface area contributed by atoms with Crippen LogP contribution in [-0.4, -0.2) is 12.6 Å². The van der Waals surface area contributed by atoms with Gasteiger partial charge in [-0.3, -0.25) is 0 Å². The summed E-state index contributed by atoms with van der Waals surface area (Å²) in [6, 6.07) is 6.27. The molecule has 16 heavy (non-hydrogen) atoms. The van der Waals surface area contributed by atoms with Crippen molar-refractivity contribution in [3.05, 3.63) is 40.9 Å². The lowest BCUT2D eigenvalue weighted by molar-refractivity contribution is 0.323. The fourth-order valence-corrected chi connectivity index (χ4v) is 1.95. The van der Waals surface area contributed by atoms with Crippen molar-refractivity contribution in [2.75, 3.05) is 6.61 Å². The first-order chi connectivity index (χ1) is 7.63. The molecule has 2 nitrogen and oxygen atoms in total. The van der Waals surface area contributed by atoms with Crippen molar-refractivity contribution in [1.82, 2.24) is 0 Å². The Hall–Kier alpha value is -0.800. The SMILES string of the molecule is C=CCCOc1ccc(CC(C)N)cc1Br. The molecule has 0 aromatic heterocycles. The van der Waals surface area contributed by atoms with Gasteiger partial charge in [0.15, 0.2) is 0 Å². The molecule has 0 amide bonds. The maximum Gasteiger partial charge on any atom is 0.133 e. The van der Waals surface area contributed by atoms with E-state index in [4.69, 9.17) is 10.5 Å². The molecular weight excluding hydrogens is 266 g/mol. The quantitative estimate of drug-likeness (QED) is 0.642. The van der Waals surface area contributed by atoms with Gasteiger partial charge in [0.25, 0.3) is 0 Å². The van der Waals surface area contributed by atoms with E-state index in [0.29, 0.717) is 6.61 Å². The standard InChI is InChI=1S/C13H18BrNO/c1-3-4-7-16-13-6-5-11(8-10(2)15)9-12(13)14/h3,5-6,9-10H,1,4,7-8,15H2,2H3. The Balaban J connectivity index is 2.63. The maximum absolute atomic E-state index is 5.75. The van der Waals surface area contributed by atoms with Crippen LogP contribution in [0.1, 0.15) is 18.9 Å². The topological polar surface area (TPSA) is 35.2 Å². The first kappa shape index (κ1) is 13.3. The summed E-state index contributed by atoms with van der Waals surface area (Å²) in [6.07, 6.45) is 3.58. The number of ether oxygens (including phenoxy) is 1. The summed E-state index contributed by atoms with van der Waals surface area (Å²) in [5.74, 6) is 0.871. The van der Waals surface area contributed by atoms with Crippen molar-refractivity contribution in [2.45, 2.75) is 25.8 Å². The van der Waals surface area contributed by atoms with Crippen LogP contribution in [0, 0.1) is 0 Å². The summed E-state index contributed by atoms with van der Waals surface area (Å²) >= 11 is 3.50. The lowest BCUT2D eigenvalue weighted by atomic mass is 10.1. The minimum absolute atomic E-state index is 0.180. The summed E-state index contributed by atoms with van der Waals surface area (Å²) in [4.78, 5) is 0. The summed E-state index contributed by atoms with van der Waals surface area (Å²) < 4.78 is 6.57. The van der Waals surface area contributed by atoms with Crippen LogP contribution in [0.5, 0.6) is 5.75 Å². The second kappa shape index (κ2) is 6.71. The Morgan fingerprint density at radius 3 is 2.88 bits per heavy atom. The van der Waals surface area contributed by atoms with E-state index in [1.807, 2.05) is 19.1 Å². The van der Waals surface area contributed by atoms with Crippen LogP contribution in [0.4, 0.5) is 0 Å². The Morgan fingerprint density at radius 2 is 2.31 bits per heavy atom. The Labute approximate surface area is 106 Å². The van der Waals surface area contributed by atoms with E-state index in [1.54, 1.807) is 0 Å². The van der Waals surface area contributed by atoms with Gasteiger partial charge in [-0.1, -0.05) is 12.1 Å². The lowest BCUT2D eigenvalue weighted by Crippen LogP contribution is -2.17. The highest BCUT2D eigenvalue weighted by Gasteiger charge is 2.04. The molecule has 0 fully saturated rings. The summed E-state index contributed by atoms with van der Waals surface area (Å²) in [6.45, 7) is 6.32. The minimum atomic E-state index is 0.180. The van der Waals surface area contributed by atoms with Crippen molar-refractivity contribution in [2.24, 2.45) is 5.73 Å². The van der Waals surface area contributed by atoms with Gasteiger partial charge in [-0.2, -0.15) is 0 Å². The fraction of sp³-hybridized carbons (Fsp3) is 0.385. The third-order valence-corrected chi connectivity index (χ3v) is 2.75. The third-order valence-electron chi connectivity index (χ3n) is 2.13. The summed E-state index contributed by atoms with van der Waals surface area (Å²) in [7, 11) is 0. The number of rotatable bonds is 6. The summed E-state index contributed by atoms with van der Waals surface area (Å²) in [5, 5.41) is 0. The van der Waals surface area contributed by atoms with Crippen LogP contribution in [0.2, 0.25) is 0 Å². The van der Waals surface area contributed by atoms with Crippen molar-refractivity contribution in [3.8, 4) is 5.75 Å². The van der Waals surface area contributed by atoms with Gasteiger partial charge in [-0.15, -0.1) is 6.58 Å². The molecule has 1 aromatic rings. The monoisotopic (exact) mass is 283 g/mol. The highest BCUT2D eigenvalue weighted by atomic mass is 79.9. The maximum atomic E-state index is 5.75. The fourth-order valence-electron chi connectivity index (χ4n) is 1.41. The van der Waals surface area contributed by atoms with E-state index in [-0.39, 0.29) is 6.04 Å². The van der Waals surface area contributed by atoms with Gasteiger partial charge < -0.3 is 10.5 Å². The normalized spacial score (nSPS) is 12.2. The van der Waals surface area contributed by atoms with Gasteiger partial charge in [-0.25, -0.2) is 0 Å². The van der Waals surface area contributed by atoms with Crippen LogP contribution < -0.4 is 10.5 Å². The smallest absolute Gasteiger partial charge is 0.133 e. The molecular formula is C13H18BrNO. The van der Waals surface area contributed by atoms with Crippen LogP contribution >= 0.6 is 15.9 Å². The van der Waals surface area contributed by atoms with Gasteiger partial charge >= 0.3 is 0 Å². The molecule has 0 saturated carbocycles. The van der Waals surface area contributed by atoms with E-state index < -0.39 is 0 Å². The Kier molecular flexibility index (Phi) is 5.56. The average molecular weight is 284 g/mol. The van der Waals surface area contributed by atoms with Crippen molar-refractivity contribution in [1.29, 1.82) is 0 Å². The molecule has 1 atom stereocenters. The van der Waals surface area contributed by atoms with Crippen molar-refractivity contribution in [3.63, 3.8) is 0 Å². The molecule has 0 bridgehead atoms. The summed E-state index contributed by atoms with van der Waals surface area (Å²) in [5.41, 5.74) is 6.97. The van der Waals surface area contributed by atoms with Gasteiger partial charge in [0.05, 0.1) is 11.1 Å². The molecule has 0 aliphatic carbocycles. The number of benzene rings is 1. The Bertz CT molecular complexity index is 350. The molecule has 1 aromatic carbocycles. The molecule has 0 aliphatic rings. The van der Waals surface area contributed by atoms with Gasteiger partial charge in [0, 0.05) is 6.04 Å². The minimum Gasteiger partial charge on any atom is -0.492 e. The van der Waals surface area contributed by atoms with Gasteiger partial charge in [-0.05, 0) is 53.4 Å². The molecule has 1 rings (SSSR count). The van der Waals surface area contributed by atoms with E-state index in [0.717, 1.165) is 23.1 Å². The first-order valence-electron chi connectivity index (χ1n) is 5.41. The van der Waals surface area contributed by atoms with Gasteiger partial charge in [0.1, 0.15) is 5.75 Å². The van der Waals surface area contributed by atoms with E-state index >= 15 is 0 Å². The first-order valence-corrected chi connectivity index (χ1v) is 6.20. The molecule has 0 heterocycles. The number of halogens is 1. The van der Waals surface area contributed by atoms with Crippen molar-refractivity contribution < 1.29 is 4.74 Å². The van der Waals surface area contributed by atoms with Crippen molar-refractivity contribution >= 4 is 15.9 Å². The highest BCUT2D eigenvalue weighted by Crippen LogP contribution is 2.26. The third kappa shape index (κ3) is 4.37. The molecule has 0 radical (unpaired) electrons. The number of nitrogens with two attached hydrogens (primary N) is 1. The van der Waals surface area contributed by atoms with Crippen LogP contribution in [0.25, 0.3) is 0 Å².